The first-order valence-electron chi connectivity index (χ1n) is 9.09. The number of rotatable bonds is 3. The topological polar surface area (TPSA) is 53.7 Å². The number of hydrogen-bond acceptors (Lipinski definition) is 3. The molecular weight excluding hydrogens is 397 g/mol. The van der Waals surface area contributed by atoms with E-state index < -0.39 is 5.60 Å². The first kappa shape index (κ1) is 19.1. The molecule has 2 aromatic carbocycles. The van der Waals surface area contributed by atoms with Crippen molar-refractivity contribution < 1.29 is 14.3 Å². The molecule has 1 aromatic heterocycles. The van der Waals surface area contributed by atoms with Crippen molar-refractivity contribution >= 4 is 29.1 Å². The standard InChI is InChI=1S/C22H19Cl2NO3/c23-16-7-5-15(6-8-16)22(27)11-13-25(14-12-22)21(26)20-10-9-19(28-20)17-3-1-2-4-18(17)24/h1-10,27H,11-14H2. The van der Waals surface area contributed by atoms with Crippen LogP contribution in [-0.2, 0) is 5.60 Å². The van der Waals surface area contributed by atoms with Crippen LogP contribution in [0.15, 0.2) is 65.1 Å². The maximum atomic E-state index is 12.8. The van der Waals surface area contributed by atoms with Gasteiger partial charge in [-0.1, -0.05) is 47.5 Å². The average Bonchev–Trinajstić information content (AvgIpc) is 3.19. The lowest BCUT2D eigenvalue weighted by Crippen LogP contribution is -2.45. The van der Waals surface area contributed by atoms with E-state index in [4.69, 9.17) is 27.6 Å². The van der Waals surface area contributed by atoms with Gasteiger partial charge >= 0.3 is 0 Å². The summed E-state index contributed by atoms with van der Waals surface area (Å²) in [5.41, 5.74) is 0.620. The second-order valence-electron chi connectivity index (χ2n) is 6.97. The van der Waals surface area contributed by atoms with Gasteiger partial charge in [-0.05, 0) is 54.8 Å². The van der Waals surface area contributed by atoms with Crippen LogP contribution in [0.2, 0.25) is 10.0 Å². The van der Waals surface area contributed by atoms with Crippen molar-refractivity contribution in [1.29, 1.82) is 0 Å². The molecule has 0 aliphatic carbocycles. The molecular formula is C22H19Cl2NO3. The molecule has 0 unspecified atom stereocenters. The van der Waals surface area contributed by atoms with E-state index in [-0.39, 0.29) is 11.7 Å². The minimum Gasteiger partial charge on any atom is -0.451 e. The Morgan fingerprint density at radius 2 is 1.64 bits per heavy atom. The van der Waals surface area contributed by atoms with Crippen LogP contribution in [0.3, 0.4) is 0 Å². The van der Waals surface area contributed by atoms with Gasteiger partial charge in [0.05, 0.1) is 10.6 Å². The van der Waals surface area contributed by atoms with Gasteiger partial charge in [-0.15, -0.1) is 0 Å². The molecule has 1 fully saturated rings. The van der Waals surface area contributed by atoms with E-state index in [9.17, 15) is 9.90 Å². The number of piperidine rings is 1. The fourth-order valence-electron chi connectivity index (χ4n) is 3.54. The van der Waals surface area contributed by atoms with Crippen molar-refractivity contribution in [3.8, 4) is 11.3 Å². The molecule has 3 aromatic rings. The number of benzene rings is 2. The van der Waals surface area contributed by atoms with E-state index >= 15 is 0 Å². The number of aliphatic hydroxyl groups is 1. The minimum absolute atomic E-state index is 0.184. The van der Waals surface area contributed by atoms with Gasteiger partial charge in [0, 0.05) is 23.7 Å². The Hall–Kier alpha value is -2.27. The highest BCUT2D eigenvalue weighted by molar-refractivity contribution is 6.33. The minimum atomic E-state index is -0.951. The molecule has 1 amide bonds. The van der Waals surface area contributed by atoms with E-state index in [1.165, 1.54) is 0 Å². The lowest BCUT2D eigenvalue weighted by Gasteiger charge is -2.38. The van der Waals surface area contributed by atoms with Gasteiger partial charge in [0.1, 0.15) is 5.76 Å². The summed E-state index contributed by atoms with van der Waals surface area (Å²) in [6.45, 7) is 0.889. The Kier molecular flexibility index (Phi) is 5.19. The van der Waals surface area contributed by atoms with Crippen molar-refractivity contribution in [2.45, 2.75) is 18.4 Å². The van der Waals surface area contributed by atoms with Gasteiger partial charge in [-0.3, -0.25) is 4.79 Å². The molecule has 2 heterocycles. The summed E-state index contributed by atoms with van der Waals surface area (Å²) in [7, 11) is 0. The zero-order valence-corrected chi connectivity index (χ0v) is 16.6. The third-order valence-electron chi connectivity index (χ3n) is 5.22. The van der Waals surface area contributed by atoms with Crippen molar-refractivity contribution in [3.05, 3.63) is 82.0 Å². The molecule has 0 spiro atoms. The highest BCUT2D eigenvalue weighted by Gasteiger charge is 2.36. The smallest absolute Gasteiger partial charge is 0.289 e. The summed E-state index contributed by atoms with van der Waals surface area (Å²) in [6.07, 6.45) is 0.914. The molecule has 4 rings (SSSR count). The molecule has 1 saturated heterocycles. The van der Waals surface area contributed by atoms with Gasteiger partial charge in [0.2, 0.25) is 0 Å². The maximum absolute atomic E-state index is 12.8. The Morgan fingerprint density at radius 3 is 2.32 bits per heavy atom. The number of carbonyl (C=O) groups excluding carboxylic acids is 1. The number of likely N-dealkylation sites (tertiary alicyclic amines) is 1. The summed E-state index contributed by atoms with van der Waals surface area (Å²) in [6, 6.07) is 18.0. The summed E-state index contributed by atoms with van der Waals surface area (Å²) >= 11 is 12.1. The van der Waals surface area contributed by atoms with Gasteiger partial charge in [0.25, 0.3) is 5.91 Å². The first-order chi connectivity index (χ1) is 13.5. The van der Waals surface area contributed by atoms with Crippen LogP contribution >= 0.6 is 23.2 Å². The van der Waals surface area contributed by atoms with Crippen molar-refractivity contribution in [1.82, 2.24) is 4.90 Å². The number of furan rings is 1. The van der Waals surface area contributed by atoms with E-state index in [2.05, 4.69) is 0 Å². The van der Waals surface area contributed by atoms with Crippen LogP contribution in [0.1, 0.15) is 29.0 Å². The molecule has 0 saturated carbocycles. The van der Waals surface area contributed by atoms with Crippen molar-refractivity contribution in [2.24, 2.45) is 0 Å². The summed E-state index contributed by atoms with van der Waals surface area (Å²) in [5.74, 6) is 0.645. The quantitative estimate of drug-likeness (QED) is 0.624. The predicted molar refractivity (Wildman–Crippen MR) is 110 cm³/mol. The van der Waals surface area contributed by atoms with Crippen LogP contribution in [0.5, 0.6) is 0 Å². The Bertz CT molecular complexity index is 989. The maximum Gasteiger partial charge on any atom is 0.289 e. The molecule has 1 aliphatic rings. The molecule has 0 atom stereocenters. The highest BCUT2D eigenvalue weighted by atomic mass is 35.5. The van der Waals surface area contributed by atoms with Gasteiger partial charge in [0.15, 0.2) is 5.76 Å². The lowest BCUT2D eigenvalue weighted by molar-refractivity contribution is -0.0217. The Balaban J connectivity index is 1.46. The predicted octanol–water partition coefficient (Wildman–Crippen LogP) is 5.38. The van der Waals surface area contributed by atoms with Crippen molar-refractivity contribution in [2.75, 3.05) is 13.1 Å². The van der Waals surface area contributed by atoms with Crippen LogP contribution in [0.4, 0.5) is 0 Å². The monoisotopic (exact) mass is 415 g/mol. The summed E-state index contributed by atoms with van der Waals surface area (Å²) in [5, 5.41) is 12.2. The molecule has 0 bridgehead atoms. The second-order valence-corrected chi connectivity index (χ2v) is 7.82. The molecule has 1 aliphatic heterocycles. The Labute approximate surface area is 173 Å². The number of halogens is 2. The van der Waals surface area contributed by atoms with Gasteiger partial charge in [-0.25, -0.2) is 0 Å². The van der Waals surface area contributed by atoms with Crippen LogP contribution in [0, 0.1) is 0 Å². The molecule has 4 nitrogen and oxygen atoms in total. The number of hydrogen-bond donors (Lipinski definition) is 1. The zero-order valence-electron chi connectivity index (χ0n) is 15.1. The summed E-state index contributed by atoms with van der Waals surface area (Å²) in [4.78, 5) is 14.5. The van der Waals surface area contributed by atoms with Crippen molar-refractivity contribution in [3.63, 3.8) is 0 Å². The van der Waals surface area contributed by atoms with Gasteiger partial charge in [-0.2, -0.15) is 0 Å². The van der Waals surface area contributed by atoms with Crippen LogP contribution < -0.4 is 0 Å². The van der Waals surface area contributed by atoms with Gasteiger partial charge < -0.3 is 14.4 Å². The van der Waals surface area contributed by atoms with E-state index in [1.54, 1.807) is 35.2 Å². The second kappa shape index (κ2) is 7.63. The first-order valence-corrected chi connectivity index (χ1v) is 9.84. The molecule has 144 valence electrons. The third-order valence-corrected chi connectivity index (χ3v) is 5.80. The normalized spacial score (nSPS) is 16.2. The lowest BCUT2D eigenvalue weighted by atomic mass is 9.84. The van der Waals surface area contributed by atoms with Crippen LogP contribution in [-0.4, -0.2) is 29.0 Å². The fourth-order valence-corrected chi connectivity index (χ4v) is 3.90. The van der Waals surface area contributed by atoms with E-state index in [1.807, 2.05) is 30.3 Å². The molecule has 28 heavy (non-hydrogen) atoms. The molecule has 0 radical (unpaired) electrons. The highest BCUT2D eigenvalue weighted by Crippen LogP contribution is 2.34. The Morgan fingerprint density at radius 1 is 0.964 bits per heavy atom. The fraction of sp³-hybridized carbons (Fsp3) is 0.227. The van der Waals surface area contributed by atoms with E-state index in [0.29, 0.717) is 41.7 Å². The largest absolute Gasteiger partial charge is 0.451 e. The zero-order chi connectivity index (χ0) is 19.7. The number of amides is 1. The number of carbonyl (C=O) groups is 1. The van der Waals surface area contributed by atoms with Crippen LogP contribution in [0.25, 0.3) is 11.3 Å². The molecule has 6 heteroatoms. The third kappa shape index (κ3) is 3.68. The average molecular weight is 416 g/mol. The molecule has 1 N–H and O–H groups in total. The van der Waals surface area contributed by atoms with E-state index in [0.717, 1.165) is 11.1 Å². The summed E-state index contributed by atoms with van der Waals surface area (Å²) < 4.78 is 5.76. The SMILES string of the molecule is O=C(c1ccc(-c2ccccc2Cl)o1)N1CCC(O)(c2ccc(Cl)cc2)CC1. The number of nitrogens with zero attached hydrogens (tertiary/aromatic N) is 1.